The van der Waals surface area contributed by atoms with E-state index in [4.69, 9.17) is 17.0 Å². The Kier molecular flexibility index (Phi) is 3.22. The molecule has 114 valence electrons. The van der Waals surface area contributed by atoms with Crippen molar-refractivity contribution in [1.82, 2.24) is 20.1 Å². The Bertz CT molecular complexity index is 778. The number of hydrogen-bond acceptors (Lipinski definition) is 4. The van der Waals surface area contributed by atoms with Gasteiger partial charge in [0.05, 0.1) is 6.54 Å². The van der Waals surface area contributed by atoms with Gasteiger partial charge in [0.15, 0.2) is 10.6 Å². The van der Waals surface area contributed by atoms with Crippen LogP contribution in [0.4, 0.5) is 0 Å². The lowest BCUT2D eigenvalue weighted by Crippen LogP contribution is -2.30. The number of fused-ring (bicyclic) bond motifs is 1. The normalized spacial score (nSPS) is 19.5. The monoisotopic (exact) mass is 316 g/mol. The first-order chi connectivity index (χ1) is 10.7. The molecule has 2 aromatic rings. The van der Waals surface area contributed by atoms with Crippen LogP contribution in [0.2, 0.25) is 0 Å². The topological polar surface area (TPSA) is 71.9 Å². The van der Waals surface area contributed by atoms with Crippen molar-refractivity contribution in [1.29, 1.82) is 0 Å². The number of benzene rings is 1. The molecule has 6 nitrogen and oxygen atoms in total. The molecule has 1 atom stereocenters. The lowest BCUT2D eigenvalue weighted by atomic mass is 10.0. The zero-order chi connectivity index (χ0) is 15.1. The van der Waals surface area contributed by atoms with Crippen LogP contribution < -0.4 is 10.1 Å². The van der Waals surface area contributed by atoms with E-state index in [0.717, 1.165) is 30.0 Å². The SMILES string of the molecule is O=C(NCc1n[nH]c(=S)n1C1CC1)C1COc2ccccc21. The number of amides is 1. The number of aromatic amines is 1. The predicted molar refractivity (Wildman–Crippen MR) is 82.2 cm³/mol. The number of para-hydroxylation sites is 1. The Balaban J connectivity index is 1.47. The summed E-state index contributed by atoms with van der Waals surface area (Å²) in [6, 6.07) is 8.10. The van der Waals surface area contributed by atoms with E-state index in [-0.39, 0.29) is 11.8 Å². The molecule has 1 amide bonds. The first kappa shape index (κ1) is 13.5. The maximum Gasteiger partial charge on any atom is 0.231 e. The van der Waals surface area contributed by atoms with Crippen LogP contribution in [0.3, 0.4) is 0 Å². The number of ether oxygens (including phenoxy) is 1. The van der Waals surface area contributed by atoms with Gasteiger partial charge in [-0.15, -0.1) is 0 Å². The highest BCUT2D eigenvalue weighted by Crippen LogP contribution is 2.36. The Morgan fingerprint density at radius 1 is 1.45 bits per heavy atom. The minimum atomic E-state index is -0.257. The molecule has 22 heavy (non-hydrogen) atoms. The number of aromatic nitrogens is 3. The Hall–Kier alpha value is -2.15. The zero-order valence-corrected chi connectivity index (χ0v) is 12.7. The first-order valence-electron chi connectivity index (χ1n) is 7.39. The fourth-order valence-corrected chi connectivity index (χ4v) is 3.14. The number of carbonyl (C=O) groups excluding carboxylic acids is 1. The Labute approximate surface area is 132 Å². The molecule has 2 heterocycles. The molecule has 4 rings (SSSR count). The summed E-state index contributed by atoms with van der Waals surface area (Å²) in [7, 11) is 0. The van der Waals surface area contributed by atoms with Crippen LogP contribution in [0.1, 0.15) is 36.2 Å². The molecular weight excluding hydrogens is 300 g/mol. The summed E-state index contributed by atoms with van der Waals surface area (Å²) in [6.45, 7) is 0.766. The van der Waals surface area contributed by atoms with Crippen LogP contribution in [0.5, 0.6) is 5.75 Å². The van der Waals surface area contributed by atoms with Crippen LogP contribution >= 0.6 is 12.2 Å². The third kappa shape index (κ3) is 2.31. The van der Waals surface area contributed by atoms with Crippen molar-refractivity contribution >= 4 is 18.1 Å². The van der Waals surface area contributed by atoms with Crippen molar-refractivity contribution in [2.24, 2.45) is 0 Å². The van der Waals surface area contributed by atoms with E-state index in [1.807, 2.05) is 28.8 Å². The van der Waals surface area contributed by atoms with E-state index in [2.05, 4.69) is 15.5 Å². The van der Waals surface area contributed by atoms with Crippen LogP contribution in [0, 0.1) is 4.77 Å². The van der Waals surface area contributed by atoms with Crippen molar-refractivity contribution < 1.29 is 9.53 Å². The summed E-state index contributed by atoms with van der Waals surface area (Å²) in [5.41, 5.74) is 0.945. The zero-order valence-electron chi connectivity index (χ0n) is 11.9. The molecule has 0 radical (unpaired) electrons. The van der Waals surface area contributed by atoms with Gasteiger partial charge in [-0.05, 0) is 31.1 Å². The van der Waals surface area contributed by atoms with Crippen molar-refractivity contribution in [2.75, 3.05) is 6.61 Å². The van der Waals surface area contributed by atoms with Crippen LogP contribution in [-0.2, 0) is 11.3 Å². The van der Waals surface area contributed by atoms with E-state index in [1.54, 1.807) is 0 Å². The third-order valence-electron chi connectivity index (χ3n) is 4.13. The number of nitrogens with one attached hydrogen (secondary N) is 2. The van der Waals surface area contributed by atoms with E-state index in [0.29, 0.717) is 24.0 Å². The standard InChI is InChI=1S/C15H16N4O2S/c20-14(11-8-21-12-4-2-1-3-10(11)12)16-7-13-17-18-15(22)19(13)9-5-6-9/h1-4,9,11H,5-8H2,(H,16,20)(H,18,22). The molecule has 1 saturated carbocycles. The van der Waals surface area contributed by atoms with Gasteiger partial charge in [-0.1, -0.05) is 18.2 Å². The van der Waals surface area contributed by atoms with Gasteiger partial charge < -0.3 is 10.1 Å². The second-order valence-corrected chi connectivity index (χ2v) is 6.05. The van der Waals surface area contributed by atoms with Gasteiger partial charge >= 0.3 is 0 Å². The Morgan fingerprint density at radius 3 is 3.09 bits per heavy atom. The summed E-state index contributed by atoms with van der Waals surface area (Å²) in [4.78, 5) is 12.4. The molecule has 2 N–H and O–H groups in total. The van der Waals surface area contributed by atoms with Gasteiger partial charge in [0.25, 0.3) is 0 Å². The molecule has 0 bridgehead atoms. The van der Waals surface area contributed by atoms with E-state index >= 15 is 0 Å². The molecule has 7 heteroatoms. The molecule has 1 aliphatic carbocycles. The molecular formula is C15H16N4O2S. The molecule has 1 aromatic heterocycles. The molecule has 1 fully saturated rings. The van der Waals surface area contributed by atoms with Gasteiger partial charge in [0, 0.05) is 11.6 Å². The summed E-state index contributed by atoms with van der Waals surface area (Å²) >= 11 is 5.24. The molecule has 0 saturated heterocycles. The maximum atomic E-state index is 12.4. The molecule has 0 spiro atoms. The molecule has 1 aromatic carbocycles. The molecule has 1 unspecified atom stereocenters. The average molecular weight is 316 g/mol. The lowest BCUT2D eigenvalue weighted by molar-refractivity contribution is -0.122. The largest absolute Gasteiger partial charge is 0.492 e. The number of rotatable bonds is 4. The van der Waals surface area contributed by atoms with Crippen molar-refractivity contribution in [2.45, 2.75) is 31.3 Å². The van der Waals surface area contributed by atoms with Gasteiger partial charge in [-0.3, -0.25) is 14.5 Å². The van der Waals surface area contributed by atoms with Gasteiger partial charge in [-0.2, -0.15) is 5.10 Å². The van der Waals surface area contributed by atoms with Crippen molar-refractivity contribution in [3.63, 3.8) is 0 Å². The Morgan fingerprint density at radius 2 is 2.27 bits per heavy atom. The number of H-pyrrole nitrogens is 1. The fraction of sp³-hybridized carbons (Fsp3) is 0.400. The van der Waals surface area contributed by atoms with Gasteiger partial charge in [0.2, 0.25) is 5.91 Å². The summed E-state index contributed by atoms with van der Waals surface area (Å²) in [5, 5.41) is 9.98. The second kappa shape index (κ2) is 5.24. The number of hydrogen-bond donors (Lipinski definition) is 2. The van der Waals surface area contributed by atoms with Gasteiger partial charge in [0.1, 0.15) is 18.3 Å². The van der Waals surface area contributed by atoms with Gasteiger partial charge in [-0.25, -0.2) is 0 Å². The maximum absolute atomic E-state index is 12.4. The highest BCUT2D eigenvalue weighted by Gasteiger charge is 2.31. The van der Waals surface area contributed by atoms with Crippen molar-refractivity contribution in [3.05, 3.63) is 40.4 Å². The fourth-order valence-electron chi connectivity index (χ4n) is 2.84. The number of carbonyl (C=O) groups is 1. The van der Waals surface area contributed by atoms with Crippen LogP contribution in [0.15, 0.2) is 24.3 Å². The van der Waals surface area contributed by atoms with E-state index < -0.39 is 0 Å². The quantitative estimate of drug-likeness (QED) is 0.847. The van der Waals surface area contributed by atoms with Crippen LogP contribution in [0.25, 0.3) is 0 Å². The minimum absolute atomic E-state index is 0.0405. The predicted octanol–water partition coefficient (Wildman–Crippen LogP) is 2.07. The molecule has 1 aliphatic heterocycles. The minimum Gasteiger partial charge on any atom is -0.492 e. The van der Waals surface area contributed by atoms with E-state index in [9.17, 15) is 4.79 Å². The smallest absolute Gasteiger partial charge is 0.231 e. The van der Waals surface area contributed by atoms with E-state index in [1.165, 1.54) is 0 Å². The summed E-state index contributed by atoms with van der Waals surface area (Å²) in [6.07, 6.45) is 2.25. The van der Waals surface area contributed by atoms with Crippen molar-refractivity contribution in [3.8, 4) is 5.75 Å². The molecule has 2 aliphatic rings. The third-order valence-corrected chi connectivity index (χ3v) is 4.41. The summed E-state index contributed by atoms with van der Waals surface area (Å²) < 4.78 is 8.19. The second-order valence-electron chi connectivity index (χ2n) is 5.67. The highest BCUT2D eigenvalue weighted by atomic mass is 32.1. The average Bonchev–Trinajstić information content (AvgIpc) is 3.16. The summed E-state index contributed by atoms with van der Waals surface area (Å²) in [5.74, 6) is 1.28. The lowest BCUT2D eigenvalue weighted by Gasteiger charge is -2.10. The number of nitrogens with zero attached hydrogens (tertiary/aromatic N) is 2. The first-order valence-corrected chi connectivity index (χ1v) is 7.80. The highest BCUT2D eigenvalue weighted by molar-refractivity contribution is 7.71. The van der Waals surface area contributed by atoms with Crippen LogP contribution in [-0.4, -0.2) is 27.3 Å².